The molecule has 0 spiro atoms. The Morgan fingerprint density at radius 1 is 1.50 bits per heavy atom. The maximum Gasteiger partial charge on any atom is 0.137 e. The van der Waals surface area contributed by atoms with Crippen LogP contribution in [0.25, 0.3) is 0 Å². The van der Waals surface area contributed by atoms with Gasteiger partial charge >= 0.3 is 0 Å². The lowest BCUT2D eigenvalue weighted by Crippen LogP contribution is -2.28. The number of hydrogen-bond acceptors (Lipinski definition) is 5. The molecule has 1 rings (SSSR count). The first-order chi connectivity index (χ1) is 7.60. The van der Waals surface area contributed by atoms with Crippen LogP contribution in [-0.4, -0.2) is 41.8 Å². The van der Waals surface area contributed by atoms with Gasteiger partial charge in [0.25, 0.3) is 0 Å². The first-order valence-electron chi connectivity index (χ1n) is 5.51. The van der Waals surface area contributed by atoms with E-state index in [1.807, 2.05) is 19.0 Å². The fraction of sp³-hybridized carbons (Fsp3) is 0.636. The Labute approximate surface area is 96.5 Å². The van der Waals surface area contributed by atoms with Crippen molar-refractivity contribution in [3.63, 3.8) is 0 Å². The van der Waals surface area contributed by atoms with Gasteiger partial charge in [-0.25, -0.2) is 9.97 Å². The molecule has 0 bridgehead atoms. The highest BCUT2D eigenvalue weighted by atomic mass is 16.3. The minimum Gasteiger partial charge on any atom is -0.392 e. The van der Waals surface area contributed by atoms with Gasteiger partial charge in [-0.05, 0) is 13.3 Å². The van der Waals surface area contributed by atoms with Crippen molar-refractivity contribution >= 4 is 11.6 Å². The molecule has 1 heterocycles. The Morgan fingerprint density at radius 3 is 2.69 bits per heavy atom. The zero-order valence-electron chi connectivity index (χ0n) is 10.4. The molecule has 0 radical (unpaired) electrons. The zero-order valence-corrected chi connectivity index (χ0v) is 10.4. The van der Waals surface area contributed by atoms with Gasteiger partial charge in [0, 0.05) is 26.2 Å². The van der Waals surface area contributed by atoms with E-state index in [4.69, 9.17) is 0 Å². The summed E-state index contributed by atoms with van der Waals surface area (Å²) in [5, 5.41) is 12.4. The minimum absolute atomic E-state index is 0.372. The number of aromatic nitrogens is 2. The van der Waals surface area contributed by atoms with E-state index in [1.165, 1.54) is 0 Å². The maximum absolute atomic E-state index is 9.37. The Bertz CT molecular complexity index is 341. The van der Waals surface area contributed by atoms with Crippen molar-refractivity contribution in [3.8, 4) is 0 Å². The van der Waals surface area contributed by atoms with Gasteiger partial charge < -0.3 is 15.3 Å². The average molecular weight is 224 g/mol. The van der Waals surface area contributed by atoms with Crippen LogP contribution in [0, 0.1) is 0 Å². The quantitative estimate of drug-likeness (QED) is 0.778. The summed E-state index contributed by atoms with van der Waals surface area (Å²) in [5.74, 6) is 1.73. The fourth-order valence-electron chi connectivity index (χ4n) is 1.76. The Hall–Kier alpha value is -1.36. The zero-order chi connectivity index (χ0) is 12.1. The number of aliphatic hydroxyl groups excluding tert-OH is 1. The van der Waals surface area contributed by atoms with Crippen molar-refractivity contribution in [1.29, 1.82) is 0 Å². The molecular weight excluding hydrogens is 204 g/mol. The average Bonchev–Trinajstić information content (AvgIpc) is 2.26. The Balaban J connectivity index is 3.02. The summed E-state index contributed by atoms with van der Waals surface area (Å²) in [6.45, 7) is 4.40. The number of rotatable bonds is 5. The first-order valence-corrected chi connectivity index (χ1v) is 5.51. The van der Waals surface area contributed by atoms with Crippen LogP contribution in [-0.2, 0) is 6.42 Å². The minimum atomic E-state index is -0.372. The van der Waals surface area contributed by atoms with E-state index in [0.29, 0.717) is 6.54 Å². The molecule has 1 unspecified atom stereocenters. The van der Waals surface area contributed by atoms with Crippen LogP contribution in [0.3, 0.4) is 0 Å². The van der Waals surface area contributed by atoms with Gasteiger partial charge in [-0.15, -0.1) is 0 Å². The maximum atomic E-state index is 9.37. The molecule has 5 nitrogen and oxygen atoms in total. The van der Waals surface area contributed by atoms with Crippen molar-refractivity contribution in [2.75, 3.05) is 30.9 Å². The highest BCUT2D eigenvalue weighted by molar-refractivity contribution is 5.58. The van der Waals surface area contributed by atoms with E-state index in [-0.39, 0.29) is 6.10 Å². The van der Waals surface area contributed by atoms with Crippen molar-refractivity contribution in [1.82, 2.24) is 9.97 Å². The van der Waals surface area contributed by atoms with Gasteiger partial charge in [0.2, 0.25) is 0 Å². The normalized spacial score (nSPS) is 12.3. The van der Waals surface area contributed by atoms with Crippen LogP contribution in [0.4, 0.5) is 11.6 Å². The first kappa shape index (κ1) is 12.7. The summed E-state index contributed by atoms with van der Waals surface area (Å²) in [4.78, 5) is 10.4. The van der Waals surface area contributed by atoms with Crippen LogP contribution >= 0.6 is 0 Å². The second-order valence-electron chi connectivity index (χ2n) is 3.86. The van der Waals surface area contributed by atoms with Gasteiger partial charge in [0.05, 0.1) is 6.10 Å². The molecule has 0 aliphatic heterocycles. The van der Waals surface area contributed by atoms with E-state index in [0.717, 1.165) is 23.6 Å². The predicted molar refractivity (Wildman–Crippen MR) is 65.9 cm³/mol. The third-order valence-corrected chi connectivity index (χ3v) is 2.41. The van der Waals surface area contributed by atoms with Gasteiger partial charge in [-0.1, -0.05) is 6.92 Å². The van der Waals surface area contributed by atoms with E-state index in [9.17, 15) is 5.11 Å². The third kappa shape index (κ3) is 2.82. The number of aliphatic hydroxyl groups is 1. The molecule has 0 saturated carbocycles. The molecule has 0 amide bonds. The second-order valence-corrected chi connectivity index (χ2v) is 3.86. The molecule has 16 heavy (non-hydrogen) atoms. The van der Waals surface area contributed by atoms with Gasteiger partial charge in [-0.2, -0.15) is 0 Å². The lowest BCUT2D eigenvalue weighted by atomic mass is 10.2. The van der Waals surface area contributed by atoms with Crippen molar-refractivity contribution < 1.29 is 5.11 Å². The smallest absolute Gasteiger partial charge is 0.137 e. The highest BCUT2D eigenvalue weighted by Crippen LogP contribution is 2.22. The van der Waals surface area contributed by atoms with Crippen molar-refractivity contribution in [2.45, 2.75) is 26.4 Å². The van der Waals surface area contributed by atoms with Crippen LogP contribution in [0.2, 0.25) is 0 Å². The molecule has 0 aliphatic rings. The van der Waals surface area contributed by atoms with Crippen LogP contribution < -0.4 is 10.2 Å². The lowest BCUT2D eigenvalue weighted by molar-refractivity contribution is 0.201. The van der Waals surface area contributed by atoms with E-state index in [2.05, 4.69) is 22.2 Å². The molecule has 1 aromatic heterocycles. The molecule has 1 atom stereocenters. The molecule has 0 fully saturated rings. The predicted octanol–water partition coefficient (Wildman–Crippen LogP) is 0.898. The van der Waals surface area contributed by atoms with E-state index >= 15 is 0 Å². The van der Waals surface area contributed by atoms with Gasteiger partial charge in [-0.3, -0.25) is 0 Å². The molecule has 1 aromatic rings. The number of nitrogens with one attached hydrogen (secondary N) is 1. The van der Waals surface area contributed by atoms with Crippen molar-refractivity contribution in [3.05, 3.63) is 11.9 Å². The molecular formula is C11H20N4O. The van der Waals surface area contributed by atoms with Gasteiger partial charge in [0.15, 0.2) is 0 Å². The number of likely N-dealkylation sites (N-methyl/N-ethyl adjacent to an activating group) is 1. The van der Waals surface area contributed by atoms with E-state index in [1.54, 1.807) is 13.3 Å². The summed E-state index contributed by atoms with van der Waals surface area (Å²) < 4.78 is 0. The van der Waals surface area contributed by atoms with Crippen LogP contribution in [0.1, 0.15) is 19.4 Å². The highest BCUT2D eigenvalue weighted by Gasteiger charge is 2.13. The summed E-state index contributed by atoms with van der Waals surface area (Å²) in [6.07, 6.45) is 2.03. The van der Waals surface area contributed by atoms with Gasteiger partial charge in [0.1, 0.15) is 18.0 Å². The summed E-state index contributed by atoms with van der Waals surface area (Å²) in [7, 11) is 3.77. The number of hydrogen-bond donors (Lipinski definition) is 2. The Kier molecular flexibility index (Phi) is 4.49. The molecule has 0 saturated heterocycles. The number of anilines is 2. The topological polar surface area (TPSA) is 61.3 Å². The van der Waals surface area contributed by atoms with Crippen molar-refractivity contribution in [2.24, 2.45) is 0 Å². The molecule has 0 aromatic carbocycles. The summed E-state index contributed by atoms with van der Waals surface area (Å²) in [6, 6.07) is 0. The molecule has 0 aliphatic carbocycles. The molecule has 90 valence electrons. The van der Waals surface area contributed by atoms with Crippen LogP contribution in [0.5, 0.6) is 0 Å². The summed E-state index contributed by atoms with van der Waals surface area (Å²) in [5.41, 5.74) is 1.08. The van der Waals surface area contributed by atoms with Crippen LogP contribution in [0.15, 0.2) is 6.33 Å². The lowest BCUT2D eigenvalue weighted by Gasteiger charge is -2.23. The SMILES string of the molecule is CCc1c(NC)ncnc1N(C)CC(C)O. The van der Waals surface area contributed by atoms with E-state index < -0.39 is 0 Å². The second kappa shape index (κ2) is 5.65. The standard InChI is InChI=1S/C11H20N4O/c1-5-9-10(12-3)13-7-14-11(9)15(4)6-8(2)16/h7-8,16H,5-6H2,1-4H3,(H,12,13,14). The Morgan fingerprint density at radius 2 is 2.19 bits per heavy atom. The fourth-order valence-corrected chi connectivity index (χ4v) is 1.76. The molecule has 5 heteroatoms. The monoisotopic (exact) mass is 224 g/mol. The largest absolute Gasteiger partial charge is 0.392 e. The third-order valence-electron chi connectivity index (χ3n) is 2.41. The molecule has 2 N–H and O–H groups in total. The summed E-state index contributed by atoms with van der Waals surface area (Å²) >= 11 is 0. The number of nitrogens with zero attached hydrogens (tertiary/aromatic N) is 3.